The van der Waals surface area contributed by atoms with E-state index in [0.29, 0.717) is 19.5 Å². The van der Waals surface area contributed by atoms with Crippen LogP contribution in [0.5, 0.6) is 0 Å². The molecule has 1 atom stereocenters. The lowest BCUT2D eigenvalue weighted by Gasteiger charge is -2.21. The van der Waals surface area contributed by atoms with Gasteiger partial charge in [0, 0.05) is 26.6 Å². The van der Waals surface area contributed by atoms with Crippen molar-refractivity contribution in [2.45, 2.75) is 32.7 Å². The number of unbranched alkanes of at least 4 members (excludes halogenated alkanes) is 1. The molecule has 0 spiro atoms. The first-order chi connectivity index (χ1) is 9.61. The minimum atomic E-state index is -0.209. The SMILES string of the molecule is CCCCN(C)C(=O)C1CC(=O)N(Cc2ccco2)C1. The van der Waals surface area contributed by atoms with Crippen LogP contribution >= 0.6 is 0 Å². The van der Waals surface area contributed by atoms with Crippen LogP contribution in [0.4, 0.5) is 0 Å². The third-order valence-corrected chi connectivity index (χ3v) is 3.71. The highest BCUT2D eigenvalue weighted by Gasteiger charge is 2.35. The van der Waals surface area contributed by atoms with E-state index >= 15 is 0 Å². The van der Waals surface area contributed by atoms with E-state index in [2.05, 4.69) is 6.92 Å². The predicted octanol–water partition coefficient (Wildman–Crippen LogP) is 1.89. The molecule has 0 aliphatic carbocycles. The fourth-order valence-electron chi connectivity index (χ4n) is 2.50. The fraction of sp³-hybridized carbons (Fsp3) is 0.600. The average molecular weight is 278 g/mol. The Morgan fingerprint density at radius 3 is 3.00 bits per heavy atom. The van der Waals surface area contributed by atoms with Gasteiger partial charge in [0.1, 0.15) is 5.76 Å². The van der Waals surface area contributed by atoms with Crippen LogP contribution in [0.15, 0.2) is 22.8 Å². The van der Waals surface area contributed by atoms with Gasteiger partial charge in [0.15, 0.2) is 0 Å². The summed E-state index contributed by atoms with van der Waals surface area (Å²) in [6.45, 7) is 3.81. The highest BCUT2D eigenvalue weighted by Crippen LogP contribution is 2.22. The van der Waals surface area contributed by atoms with Gasteiger partial charge in [-0.1, -0.05) is 13.3 Å². The van der Waals surface area contributed by atoms with Crippen LogP contribution < -0.4 is 0 Å². The number of likely N-dealkylation sites (tertiary alicyclic amines) is 1. The number of hydrogen-bond donors (Lipinski definition) is 0. The molecule has 110 valence electrons. The number of furan rings is 1. The van der Waals surface area contributed by atoms with Crippen LogP contribution in [0.3, 0.4) is 0 Å². The molecule has 0 N–H and O–H groups in total. The van der Waals surface area contributed by atoms with Gasteiger partial charge in [-0.25, -0.2) is 0 Å². The lowest BCUT2D eigenvalue weighted by atomic mass is 10.1. The Labute approximate surface area is 119 Å². The molecule has 0 radical (unpaired) electrons. The lowest BCUT2D eigenvalue weighted by Crippen LogP contribution is -2.35. The van der Waals surface area contributed by atoms with Gasteiger partial charge < -0.3 is 14.2 Å². The van der Waals surface area contributed by atoms with E-state index in [4.69, 9.17) is 4.42 Å². The molecule has 1 aromatic rings. The molecule has 5 nitrogen and oxygen atoms in total. The summed E-state index contributed by atoms with van der Waals surface area (Å²) in [5.74, 6) is 0.655. The van der Waals surface area contributed by atoms with E-state index < -0.39 is 0 Å². The summed E-state index contributed by atoms with van der Waals surface area (Å²) in [6, 6.07) is 3.65. The van der Waals surface area contributed by atoms with E-state index in [1.54, 1.807) is 22.1 Å². The predicted molar refractivity (Wildman–Crippen MR) is 74.8 cm³/mol. The largest absolute Gasteiger partial charge is 0.467 e. The summed E-state index contributed by atoms with van der Waals surface area (Å²) in [5.41, 5.74) is 0. The van der Waals surface area contributed by atoms with E-state index in [9.17, 15) is 9.59 Å². The van der Waals surface area contributed by atoms with E-state index in [0.717, 1.165) is 25.1 Å². The molecule has 2 amide bonds. The van der Waals surface area contributed by atoms with Crippen LogP contribution in [-0.4, -0.2) is 41.8 Å². The van der Waals surface area contributed by atoms with Crippen LogP contribution in [0.2, 0.25) is 0 Å². The molecule has 0 aromatic carbocycles. The zero-order valence-corrected chi connectivity index (χ0v) is 12.2. The summed E-state index contributed by atoms with van der Waals surface area (Å²) >= 11 is 0. The minimum Gasteiger partial charge on any atom is -0.467 e. The molecule has 1 aliphatic heterocycles. The second kappa shape index (κ2) is 6.59. The summed E-state index contributed by atoms with van der Waals surface area (Å²) < 4.78 is 5.25. The molecule has 0 saturated carbocycles. The van der Waals surface area contributed by atoms with Crippen molar-refractivity contribution in [1.29, 1.82) is 0 Å². The van der Waals surface area contributed by atoms with Crippen molar-refractivity contribution in [3.8, 4) is 0 Å². The lowest BCUT2D eigenvalue weighted by molar-refractivity contribution is -0.134. The Bertz CT molecular complexity index is 456. The summed E-state index contributed by atoms with van der Waals surface area (Å²) in [7, 11) is 1.82. The Morgan fingerprint density at radius 1 is 1.55 bits per heavy atom. The van der Waals surface area contributed by atoms with Gasteiger partial charge in [0.05, 0.1) is 18.7 Å². The third-order valence-electron chi connectivity index (χ3n) is 3.71. The molecular formula is C15H22N2O3. The average Bonchev–Trinajstić information content (AvgIpc) is 3.06. The number of amides is 2. The van der Waals surface area contributed by atoms with Gasteiger partial charge in [-0.15, -0.1) is 0 Å². The topological polar surface area (TPSA) is 53.8 Å². The molecule has 2 rings (SSSR count). The zero-order chi connectivity index (χ0) is 14.5. The highest BCUT2D eigenvalue weighted by atomic mass is 16.3. The summed E-state index contributed by atoms with van der Waals surface area (Å²) in [6.07, 6.45) is 3.97. The first kappa shape index (κ1) is 14.6. The van der Waals surface area contributed by atoms with Crippen LogP contribution in [0.1, 0.15) is 31.9 Å². The zero-order valence-electron chi connectivity index (χ0n) is 12.2. The molecule has 1 aromatic heterocycles. The Kier molecular flexibility index (Phi) is 4.82. The molecule has 1 fully saturated rings. The van der Waals surface area contributed by atoms with Crippen molar-refractivity contribution in [3.05, 3.63) is 24.2 Å². The summed E-state index contributed by atoms with van der Waals surface area (Å²) in [4.78, 5) is 27.7. The number of carbonyl (C=O) groups is 2. The Balaban J connectivity index is 1.89. The van der Waals surface area contributed by atoms with Crippen LogP contribution in [0.25, 0.3) is 0 Å². The van der Waals surface area contributed by atoms with Crippen molar-refractivity contribution >= 4 is 11.8 Å². The molecule has 20 heavy (non-hydrogen) atoms. The van der Waals surface area contributed by atoms with E-state index in [-0.39, 0.29) is 17.7 Å². The van der Waals surface area contributed by atoms with E-state index in [1.807, 2.05) is 13.1 Å². The molecule has 1 unspecified atom stereocenters. The maximum absolute atomic E-state index is 12.3. The van der Waals surface area contributed by atoms with Crippen LogP contribution in [-0.2, 0) is 16.1 Å². The molecular weight excluding hydrogens is 256 g/mol. The number of carbonyl (C=O) groups excluding carboxylic acids is 2. The Morgan fingerprint density at radius 2 is 2.35 bits per heavy atom. The van der Waals surface area contributed by atoms with Crippen molar-refractivity contribution in [2.75, 3.05) is 20.1 Å². The van der Waals surface area contributed by atoms with E-state index in [1.165, 1.54) is 0 Å². The maximum atomic E-state index is 12.3. The van der Waals surface area contributed by atoms with Gasteiger partial charge in [0.25, 0.3) is 0 Å². The first-order valence-corrected chi connectivity index (χ1v) is 7.17. The third kappa shape index (κ3) is 3.40. The maximum Gasteiger partial charge on any atom is 0.227 e. The normalized spacial score (nSPS) is 18.6. The monoisotopic (exact) mass is 278 g/mol. The second-order valence-electron chi connectivity index (χ2n) is 5.37. The molecule has 0 bridgehead atoms. The minimum absolute atomic E-state index is 0.0311. The van der Waals surface area contributed by atoms with Crippen LogP contribution in [0, 0.1) is 5.92 Å². The van der Waals surface area contributed by atoms with Crippen molar-refractivity contribution in [3.63, 3.8) is 0 Å². The number of hydrogen-bond acceptors (Lipinski definition) is 3. The van der Waals surface area contributed by atoms with Crippen molar-refractivity contribution in [2.24, 2.45) is 5.92 Å². The van der Waals surface area contributed by atoms with Gasteiger partial charge in [0.2, 0.25) is 11.8 Å². The molecule has 2 heterocycles. The number of nitrogens with zero attached hydrogens (tertiary/aromatic N) is 2. The standard InChI is InChI=1S/C15H22N2O3/c1-3-4-7-16(2)15(19)12-9-14(18)17(10-12)11-13-6-5-8-20-13/h5-6,8,12H,3-4,7,9-11H2,1-2H3. The second-order valence-corrected chi connectivity index (χ2v) is 5.37. The smallest absolute Gasteiger partial charge is 0.227 e. The molecule has 1 aliphatic rings. The fourth-order valence-corrected chi connectivity index (χ4v) is 2.50. The van der Waals surface area contributed by atoms with Gasteiger partial charge >= 0.3 is 0 Å². The van der Waals surface area contributed by atoms with Crippen molar-refractivity contribution in [1.82, 2.24) is 9.80 Å². The van der Waals surface area contributed by atoms with Gasteiger partial charge in [-0.05, 0) is 18.6 Å². The van der Waals surface area contributed by atoms with Gasteiger partial charge in [-0.2, -0.15) is 0 Å². The molecule has 5 heteroatoms. The van der Waals surface area contributed by atoms with Crippen molar-refractivity contribution < 1.29 is 14.0 Å². The first-order valence-electron chi connectivity index (χ1n) is 7.17. The number of rotatable bonds is 6. The Hall–Kier alpha value is -1.78. The molecule has 1 saturated heterocycles. The summed E-state index contributed by atoms with van der Waals surface area (Å²) in [5, 5.41) is 0. The highest BCUT2D eigenvalue weighted by molar-refractivity contribution is 5.89. The van der Waals surface area contributed by atoms with Gasteiger partial charge in [-0.3, -0.25) is 9.59 Å². The quantitative estimate of drug-likeness (QED) is 0.798.